The maximum atomic E-state index is 13.4. The summed E-state index contributed by atoms with van der Waals surface area (Å²) in [6.07, 6.45) is 13.7. The van der Waals surface area contributed by atoms with E-state index in [4.69, 9.17) is 5.73 Å². The summed E-state index contributed by atoms with van der Waals surface area (Å²) in [5.41, 5.74) is 10.5. The second-order valence-corrected chi connectivity index (χ2v) is 8.72. The van der Waals surface area contributed by atoms with Gasteiger partial charge in [-0.3, -0.25) is 4.79 Å². The van der Waals surface area contributed by atoms with Gasteiger partial charge in [-0.15, -0.1) is 0 Å². The highest BCUT2D eigenvalue weighted by Crippen LogP contribution is 2.47. The van der Waals surface area contributed by atoms with Crippen molar-refractivity contribution in [1.29, 1.82) is 0 Å². The smallest absolute Gasteiger partial charge is 0.259 e. The molecule has 1 aliphatic heterocycles. The number of fused-ring (bicyclic) bond motifs is 1. The van der Waals surface area contributed by atoms with Crippen LogP contribution in [0.1, 0.15) is 49.7 Å². The Morgan fingerprint density at radius 1 is 0.931 bits per heavy atom. The van der Waals surface area contributed by atoms with Gasteiger partial charge in [-0.05, 0) is 60.9 Å². The summed E-state index contributed by atoms with van der Waals surface area (Å²) in [4.78, 5) is 15.5. The molecule has 0 bridgehead atoms. The molecule has 0 aromatic heterocycles. The van der Waals surface area contributed by atoms with Gasteiger partial charge in [0.25, 0.3) is 5.91 Å². The number of nitrogens with two attached hydrogens (primary N) is 1. The van der Waals surface area contributed by atoms with Gasteiger partial charge in [-0.25, -0.2) is 0 Å². The average molecular weight is 385 g/mol. The molecule has 2 aliphatic carbocycles. The molecule has 148 valence electrons. The van der Waals surface area contributed by atoms with Gasteiger partial charge in [-0.1, -0.05) is 61.7 Å². The molecule has 2 fully saturated rings. The Hall–Kier alpha value is -2.81. The molecular formula is C26H28N2O. The van der Waals surface area contributed by atoms with E-state index in [2.05, 4.69) is 17.0 Å². The number of nitrogens with zero attached hydrogens (tertiary/aromatic N) is 1. The van der Waals surface area contributed by atoms with Gasteiger partial charge in [0, 0.05) is 22.9 Å². The fourth-order valence-electron chi connectivity index (χ4n) is 5.22. The number of carbonyl (C=O) groups is 1. The zero-order valence-corrected chi connectivity index (χ0v) is 16.8. The lowest BCUT2D eigenvalue weighted by molar-refractivity contribution is -0.113. The molecular weight excluding hydrogens is 356 g/mol. The largest absolute Gasteiger partial charge is 0.399 e. The summed E-state index contributed by atoms with van der Waals surface area (Å²) in [5, 5.41) is 0. The van der Waals surface area contributed by atoms with Gasteiger partial charge in [0.2, 0.25) is 0 Å². The van der Waals surface area contributed by atoms with E-state index in [0.717, 1.165) is 46.3 Å². The van der Waals surface area contributed by atoms with Crippen molar-refractivity contribution in [3.8, 4) is 0 Å². The van der Waals surface area contributed by atoms with Crippen molar-refractivity contribution in [2.45, 2.75) is 44.6 Å². The van der Waals surface area contributed by atoms with Crippen LogP contribution in [0.25, 0.3) is 11.6 Å². The third-order valence-electron chi connectivity index (χ3n) is 7.02. The van der Waals surface area contributed by atoms with E-state index >= 15 is 0 Å². The number of hydrogen-bond donors (Lipinski definition) is 1. The van der Waals surface area contributed by atoms with Crippen LogP contribution in [0.15, 0.2) is 60.7 Å². The molecule has 0 radical (unpaired) electrons. The van der Waals surface area contributed by atoms with Crippen LogP contribution < -0.4 is 10.6 Å². The highest BCUT2D eigenvalue weighted by molar-refractivity contribution is 6.33. The number of nitrogen functional groups attached to an aromatic ring is 1. The molecule has 2 atom stereocenters. The van der Waals surface area contributed by atoms with Crippen LogP contribution >= 0.6 is 0 Å². The summed E-state index contributed by atoms with van der Waals surface area (Å²) in [6, 6.07) is 16.4. The number of carbonyl (C=O) groups excluding carboxylic acids is 1. The number of anilines is 2. The highest BCUT2D eigenvalue weighted by Gasteiger charge is 2.42. The topological polar surface area (TPSA) is 46.3 Å². The molecule has 5 rings (SSSR count). The van der Waals surface area contributed by atoms with Gasteiger partial charge in [0.05, 0.1) is 5.69 Å². The van der Waals surface area contributed by atoms with Crippen molar-refractivity contribution < 1.29 is 4.79 Å². The van der Waals surface area contributed by atoms with E-state index in [0.29, 0.717) is 6.04 Å². The zero-order chi connectivity index (χ0) is 19.8. The molecule has 2 unspecified atom stereocenters. The van der Waals surface area contributed by atoms with E-state index in [9.17, 15) is 4.79 Å². The Kier molecular flexibility index (Phi) is 4.75. The van der Waals surface area contributed by atoms with Crippen LogP contribution in [0.5, 0.6) is 0 Å². The lowest BCUT2D eigenvalue weighted by Crippen LogP contribution is -2.36. The van der Waals surface area contributed by atoms with Crippen LogP contribution in [0.2, 0.25) is 0 Å². The second-order valence-electron chi connectivity index (χ2n) is 8.72. The van der Waals surface area contributed by atoms with Gasteiger partial charge < -0.3 is 10.6 Å². The first kappa shape index (κ1) is 18.2. The van der Waals surface area contributed by atoms with E-state index in [1.54, 1.807) is 0 Å². The minimum Gasteiger partial charge on any atom is -0.399 e. The number of amides is 1. The number of hydrogen-bond acceptors (Lipinski definition) is 2. The fraction of sp³-hybridized carbons (Fsp3) is 0.346. The predicted octanol–water partition coefficient (Wildman–Crippen LogP) is 5.68. The molecule has 3 aliphatic rings. The quantitative estimate of drug-likeness (QED) is 0.544. The fourth-order valence-corrected chi connectivity index (χ4v) is 5.22. The molecule has 1 amide bonds. The Balaban J connectivity index is 1.39. The second kappa shape index (κ2) is 7.55. The highest BCUT2D eigenvalue weighted by atomic mass is 16.2. The molecule has 29 heavy (non-hydrogen) atoms. The summed E-state index contributed by atoms with van der Waals surface area (Å²) in [5.74, 6) is 1.88. The standard InChI is InChI=1S/C26H28N2O/c27-21-14-11-18(12-15-21)5-3-9-24-23-8-1-2-10-25(23)28(26(24)29)22-16-13-20(17-22)19-6-4-7-19/h1-3,5,8-12,14-15,19-20,22H,4,6-7,13,16-17,27H2/b5-3+,24-9+. The molecule has 2 saturated carbocycles. The van der Waals surface area contributed by atoms with Gasteiger partial charge in [0.15, 0.2) is 0 Å². The normalized spacial score (nSPS) is 25.7. The zero-order valence-electron chi connectivity index (χ0n) is 16.8. The van der Waals surface area contributed by atoms with E-state index in [1.807, 2.05) is 54.6 Å². The molecule has 2 N–H and O–H groups in total. The van der Waals surface area contributed by atoms with E-state index in [1.165, 1.54) is 32.1 Å². The SMILES string of the molecule is Nc1ccc(/C=C/C=C2/C(=O)N(C3CCC(C4CCC4)C3)c3ccccc32)cc1. The first-order valence-corrected chi connectivity index (χ1v) is 10.9. The molecule has 3 nitrogen and oxygen atoms in total. The third kappa shape index (κ3) is 3.39. The summed E-state index contributed by atoms with van der Waals surface area (Å²) < 4.78 is 0. The van der Waals surface area contributed by atoms with Gasteiger partial charge in [0.1, 0.15) is 0 Å². The minimum atomic E-state index is 0.160. The molecule has 2 aromatic carbocycles. The molecule has 1 heterocycles. The predicted molar refractivity (Wildman–Crippen MR) is 120 cm³/mol. The van der Waals surface area contributed by atoms with Crippen molar-refractivity contribution in [3.63, 3.8) is 0 Å². The number of para-hydroxylation sites is 1. The first-order chi connectivity index (χ1) is 14.2. The summed E-state index contributed by atoms with van der Waals surface area (Å²) in [6.45, 7) is 0. The number of allylic oxidation sites excluding steroid dienone is 2. The van der Waals surface area contributed by atoms with Crippen molar-refractivity contribution in [2.24, 2.45) is 11.8 Å². The minimum absolute atomic E-state index is 0.160. The molecule has 2 aromatic rings. The summed E-state index contributed by atoms with van der Waals surface area (Å²) in [7, 11) is 0. The maximum Gasteiger partial charge on any atom is 0.259 e. The van der Waals surface area contributed by atoms with Crippen LogP contribution in [-0.2, 0) is 4.79 Å². The number of benzene rings is 2. The van der Waals surface area contributed by atoms with Crippen LogP contribution in [-0.4, -0.2) is 11.9 Å². The van der Waals surface area contributed by atoms with Crippen molar-refractivity contribution in [3.05, 3.63) is 71.8 Å². The van der Waals surface area contributed by atoms with Crippen molar-refractivity contribution in [2.75, 3.05) is 10.6 Å². The maximum absolute atomic E-state index is 13.4. The van der Waals surface area contributed by atoms with Gasteiger partial charge >= 0.3 is 0 Å². The lowest BCUT2D eigenvalue weighted by Gasteiger charge is -2.32. The van der Waals surface area contributed by atoms with Crippen LogP contribution in [0.4, 0.5) is 11.4 Å². The molecule has 3 heteroatoms. The third-order valence-corrected chi connectivity index (χ3v) is 7.02. The molecule has 0 saturated heterocycles. The Morgan fingerprint density at radius 2 is 1.72 bits per heavy atom. The summed E-state index contributed by atoms with van der Waals surface area (Å²) >= 11 is 0. The molecule has 0 spiro atoms. The van der Waals surface area contributed by atoms with Crippen LogP contribution in [0.3, 0.4) is 0 Å². The monoisotopic (exact) mass is 384 g/mol. The Labute approximate surface area is 172 Å². The van der Waals surface area contributed by atoms with E-state index in [-0.39, 0.29) is 5.91 Å². The van der Waals surface area contributed by atoms with Crippen LogP contribution in [0, 0.1) is 11.8 Å². The van der Waals surface area contributed by atoms with Crippen molar-refractivity contribution >= 4 is 28.9 Å². The lowest BCUT2D eigenvalue weighted by atomic mass is 9.75. The first-order valence-electron chi connectivity index (χ1n) is 10.9. The van der Waals surface area contributed by atoms with E-state index < -0.39 is 0 Å². The number of rotatable bonds is 4. The average Bonchev–Trinajstić information content (AvgIpc) is 3.25. The van der Waals surface area contributed by atoms with Crippen molar-refractivity contribution in [1.82, 2.24) is 0 Å². The Morgan fingerprint density at radius 3 is 2.48 bits per heavy atom. The van der Waals surface area contributed by atoms with Gasteiger partial charge in [-0.2, -0.15) is 0 Å². The Bertz CT molecular complexity index is 968.